The number of carbonyl (C=O) groups excluding carboxylic acids is 1. The van der Waals surface area contributed by atoms with Gasteiger partial charge in [0.2, 0.25) is 15.9 Å². The molecule has 6 nitrogen and oxygen atoms in total. The lowest BCUT2D eigenvalue weighted by Gasteiger charge is -2.27. The molecule has 2 aromatic carbocycles. The summed E-state index contributed by atoms with van der Waals surface area (Å²) in [4.78, 5) is 14.8. The number of hydrogen-bond acceptors (Lipinski definition) is 4. The highest BCUT2D eigenvalue weighted by Gasteiger charge is 2.27. The maximum absolute atomic E-state index is 12.9. The van der Waals surface area contributed by atoms with E-state index in [-0.39, 0.29) is 17.9 Å². The van der Waals surface area contributed by atoms with Crippen molar-refractivity contribution >= 4 is 33.6 Å². The molecule has 0 saturated carbocycles. The van der Waals surface area contributed by atoms with Crippen molar-refractivity contribution in [1.82, 2.24) is 14.9 Å². The molecule has 0 bridgehead atoms. The minimum Gasteiger partial charge on any atom is -0.353 e. The van der Waals surface area contributed by atoms with Gasteiger partial charge < -0.3 is 10.2 Å². The Balaban J connectivity index is 2.09. The summed E-state index contributed by atoms with van der Waals surface area (Å²) in [6.45, 7) is 3.89. The van der Waals surface area contributed by atoms with Gasteiger partial charge in [0, 0.05) is 17.0 Å². The zero-order valence-corrected chi connectivity index (χ0v) is 19.8. The quantitative estimate of drug-likeness (QED) is 0.563. The second kappa shape index (κ2) is 11.4. The van der Waals surface area contributed by atoms with Crippen LogP contribution in [0.1, 0.15) is 31.0 Å². The molecule has 0 spiro atoms. The standard InChI is InChI=1S/C23H30ClN3O3S/c1-17(2)22(26-31(29,30)15-14-18-10-6-5-7-11-18)23(28)25-16-21(27(3)4)19-12-8-9-13-20(19)24/h5-15,17,21-22,26H,16H2,1-4H3,(H,25,28)/b15-14+. The van der Waals surface area contributed by atoms with Crippen molar-refractivity contribution < 1.29 is 13.2 Å². The lowest BCUT2D eigenvalue weighted by Crippen LogP contribution is -2.50. The molecule has 31 heavy (non-hydrogen) atoms. The van der Waals surface area contributed by atoms with Gasteiger partial charge in [-0.2, -0.15) is 4.72 Å². The number of nitrogens with zero attached hydrogens (tertiary/aromatic N) is 1. The van der Waals surface area contributed by atoms with Gasteiger partial charge in [-0.15, -0.1) is 0 Å². The summed E-state index contributed by atoms with van der Waals surface area (Å²) in [5.74, 6) is -0.622. The first kappa shape index (κ1) is 25.1. The van der Waals surface area contributed by atoms with Crippen LogP contribution >= 0.6 is 11.6 Å². The predicted octanol–water partition coefficient (Wildman–Crippen LogP) is 3.67. The number of sulfonamides is 1. The van der Waals surface area contributed by atoms with Gasteiger partial charge in [-0.25, -0.2) is 8.42 Å². The number of nitrogens with one attached hydrogen (secondary N) is 2. The van der Waals surface area contributed by atoms with Crippen LogP contribution in [0.4, 0.5) is 0 Å². The number of carbonyl (C=O) groups is 1. The molecule has 8 heteroatoms. The highest BCUT2D eigenvalue weighted by atomic mass is 35.5. The average Bonchev–Trinajstić information content (AvgIpc) is 2.72. The van der Waals surface area contributed by atoms with Gasteiger partial charge >= 0.3 is 0 Å². The maximum atomic E-state index is 12.9. The number of benzene rings is 2. The Morgan fingerprint density at radius 2 is 1.68 bits per heavy atom. The zero-order chi connectivity index (χ0) is 23.0. The summed E-state index contributed by atoms with van der Waals surface area (Å²) in [5.41, 5.74) is 1.65. The minimum absolute atomic E-state index is 0.153. The van der Waals surface area contributed by atoms with Crippen LogP contribution in [-0.4, -0.2) is 45.9 Å². The van der Waals surface area contributed by atoms with Gasteiger partial charge in [-0.3, -0.25) is 4.79 Å². The maximum Gasteiger partial charge on any atom is 0.238 e. The van der Waals surface area contributed by atoms with Crippen LogP contribution in [0.2, 0.25) is 5.02 Å². The summed E-state index contributed by atoms with van der Waals surface area (Å²) in [6, 6.07) is 15.5. The van der Waals surface area contributed by atoms with Crippen LogP contribution < -0.4 is 10.0 Å². The van der Waals surface area contributed by atoms with Crippen molar-refractivity contribution in [2.24, 2.45) is 5.92 Å². The number of likely N-dealkylation sites (N-methyl/N-ethyl adjacent to an activating group) is 1. The molecule has 2 atom stereocenters. The van der Waals surface area contributed by atoms with Crippen LogP contribution in [0.3, 0.4) is 0 Å². The van der Waals surface area contributed by atoms with Crippen molar-refractivity contribution in [2.45, 2.75) is 25.9 Å². The second-order valence-corrected chi connectivity index (χ2v) is 9.85. The Labute approximate surface area is 190 Å². The Hall–Kier alpha value is -2.19. The van der Waals surface area contributed by atoms with Gasteiger partial charge in [0.05, 0.1) is 6.04 Å². The topological polar surface area (TPSA) is 78.5 Å². The van der Waals surface area contributed by atoms with Crippen LogP contribution in [0.25, 0.3) is 6.08 Å². The molecular weight excluding hydrogens is 434 g/mol. The Kier molecular flexibility index (Phi) is 9.25. The van der Waals surface area contributed by atoms with Crippen LogP contribution in [-0.2, 0) is 14.8 Å². The van der Waals surface area contributed by atoms with E-state index < -0.39 is 16.1 Å². The lowest BCUT2D eigenvalue weighted by molar-refractivity contribution is -0.123. The van der Waals surface area contributed by atoms with Crippen LogP contribution in [0, 0.1) is 5.92 Å². The number of hydrogen-bond donors (Lipinski definition) is 2. The largest absolute Gasteiger partial charge is 0.353 e. The zero-order valence-electron chi connectivity index (χ0n) is 18.2. The first-order chi connectivity index (χ1) is 14.6. The molecule has 2 rings (SSSR count). The molecule has 2 aromatic rings. The summed E-state index contributed by atoms with van der Waals surface area (Å²) in [5, 5.41) is 4.57. The normalized spacial score (nSPS) is 14.2. The first-order valence-corrected chi connectivity index (χ1v) is 12.0. The van der Waals surface area contributed by atoms with Crippen molar-refractivity contribution in [2.75, 3.05) is 20.6 Å². The van der Waals surface area contributed by atoms with E-state index in [9.17, 15) is 13.2 Å². The third-order valence-electron chi connectivity index (χ3n) is 4.84. The fraction of sp³-hybridized carbons (Fsp3) is 0.348. The minimum atomic E-state index is -3.81. The van der Waals surface area contributed by atoms with Crippen molar-refractivity contribution in [1.29, 1.82) is 0 Å². The predicted molar refractivity (Wildman–Crippen MR) is 127 cm³/mol. The molecule has 0 aliphatic carbocycles. The molecule has 168 valence electrons. The molecule has 0 saturated heterocycles. The van der Waals surface area contributed by atoms with Crippen LogP contribution in [0.15, 0.2) is 60.0 Å². The molecule has 0 aromatic heterocycles. The van der Waals surface area contributed by atoms with Gasteiger partial charge in [-0.1, -0.05) is 74.0 Å². The van der Waals surface area contributed by atoms with E-state index in [2.05, 4.69) is 10.0 Å². The molecule has 2 unspecified atom stereocenters. The van der Waals surface area contributed by atoms with Gasteiger partial charge in [0.25, 0.3) is 0 Å². The van der Waals surface area contributed by atoms with E-state index in [0.29, 0.717) is 11.6 Å². The Bertz CT molecular complexity index is 992. The van der Waals surface area contributed by atoms with Crippen molar-refractivity contribution in [3.05, 3.63) is 76.2 Å². The van der Waals surface area contributed by atoms with Crippen molar-refractivity contribution in [3.63, 3.8) is 0 Å². The highest BCUT2D eigenvalue weighted by Crippen LogP contribution is 2.25. The molecule has 0 heterocycles. The van der Waals surface area contributed by atoms with E-state index in [4.69, 9.17) is 11.6 Å². The summed E-state index contributed by atoms with van der Waals surface area (Å²) in [7, 11) is -0.00579. The Morgan fingerprint density at radius 3 is 2.26 bits per heavy atom. The molecule has 0 aliphatic rings. The summed E-state index contributed by atoms with van der Waals surface area (Å²) in [6.07, 6.45) is 1.50. The number of halogens is 1. The van der Waals surface area contributed by atoms with E-state index in [1.807, 2.05) is 55.4 Å². The second-order valence-electron chi connectivity index (χ2n) is 7.84. The molecule has 0 radical (unpaired) electrons. The van der Waals surface area contributed by atoms with E-state index in [0.717, 1.165) is 16.5 Å². The fourth-order valence-corrected chi connectivity index (χ4v) is 4.47. The van der Waals surface area contributed by atoms with E-state index >= 15 is 0 Å². The third kappa shape index (κ3) is 7.78. The number of rotatable bonds is 10. The SMILES string of the molecule is CC(C)C(NS(=O)(=O)/C=C/c1ccccc1)C(=O)NCC(c1ccccc1Cl)N(C)C. The van der Waals surface area contributed by atoms with Gasteiger partial charge in [-0.05, 0) is 43.3 Å². The fourth-order valence-electron chi connectivity index (χ4n) is 3.06. The van der Waals surface area contributed by atoms with Crippen LogP contribution in [0.5, 0.6) is 0 Å². The third-order valence-corrected chi connectivity index (χ3v) is 6.26. The average molecular weight is 464 g/mol. The lowest BCUT2D eigenvalue weighted by atomic mass is 10.0. The Morgan fingerprint density at radius 1 is 1.06 bits per heavy atom. The molecule has 0 fully saturated rings. The number of amides is 1. The van der Waals surface area contributed by atoms with Gasteiger partial charge in [0.15, 0.2) is 0 Å². The molecule has 2 N–H and O–H groups in total. The van der Waals surface area contributed by atoms with Gasteiger partial charge in [0.1, 0.15) is 6.04 Å². The first-order valence-electron chi connectivity index (χ1n) is 10.0. The van der Waals surface area contributed by atoms with Crippen molar-refractivity contribution in [3.8, 4) is 0 Å². The summed E-state index contributed by atoms with van der Waals surface area (Å²) < 4.78 is 27.6. The highest BCUT2D eigenvalue weighted by molar-refractivity contribution is 7.92. The monoisotopic (exact) mass is 463 g/mol. The smallest absolute Gasteiger partial charge is 0.238 e. The van der Waals surface area contributed by atoms with E-state index in [1.54, 1.807) is 32.0 Å². The molecule has 0 aliphatic heterocycles. The molecular formula is C23H30ClN3O3S. The summed E-state index contributed by atoms with van der Waals surface area (Å²) >= 11 is 6.33. The van der Waals surface area contributed by atoms with E-state index in [1.165, 1.54) is 6.08 Å². The molecule has 1 amide bonds.